The Bertz CT molecular complexity index is 2050. The van der Waals surface area contributed by atoms with E-state index in [0.29, 0.717) is 124 Å². The zero-order valence-electron chi connectivity index (χ0n) is 61.8. The molecule has 0 amide bonds. The molecule has 0 spiro atoms. The molecule has 0 aromatic carbocycles. The van der Waals surface area contributed by atoms with Gasteiger partial charge < -0.3 is 88.3 Å². The number of rotatable bonds is 49. The molecule has 0 bridgehead atoms. The molecule has 0 aliphatic heterocycles. The number of methoxy groups -OCH3 is 12. The second-order valence-corrected chi connectivity index (χ2v) is 22.3. The lowest BCUT2D eigenvalue weighted by Gasteiger charge is -2.33. The standard InChI is InChI=1S/C19H34N2O8.2C15H28N2O6.C9H18O2.C7H16N2O2/c1-15(21(12-8-18(24)28-4)13-9-19(25)29-5)14-20(10-6-16(22)26-2)11-7-17(23)27-3;1-12(16-8-5-13(18)21-2)11-17(9-6-14(19)22-3)10-7-15(20)23-4;1-12(11-16-8-5-13(18)21-2)17(9-6-14(19)22-3)10-7-15(20)23-4;1-8(2)6-4-5-7-9(10)11-3;1-6(5-8)9-4-3-7(10)11-2/h15H,6-14H2,1-5H3;2*12,16H,5-11H2,1-4H3;8H,4-7H2,1-3H3;6,9H,3-5,8H2,1-2H3. The van der Waals surface area contributed by atoms with Gasteiger partial charge in [0.15, 0.2) is 0 Å². The second-order valence-electron chi connectivity index (χ2n) is 22.3. The maximum absolute atomic E-state index is 11.5. The fourth-order valence-corrected chi connectivity index (χ4v) is 8.17. The molecule has 97 heavy (non-hydrogen) atoms. The highest BCUT2D eigenvalue weighted by Crippen LogP contribution is 2.11. The molecule has 4 unspecified atom stereocenters. The monoisotopic (exact) mass is 1400 g/mol. The summed E-state index contributed by atoms with van der Waals surface area (Å²) in [5.74, 6) is -2.60. The van der Waals surface area contributed by atoms with E-state index in [1.807, 2.05) is 47.3 Å². The Morgan fingerprint density at radius 1 is 0.309 bits per heavy atom. The highest BCUT2D eigenvalue weighted by Gasteiger charge is 2.22. The number of carbonyl (C=O) groups excluding carboxylic acids is 12. The molecule has 5 N–H and O–H groups in total. The van der Waals surface area contributed by atoms with Crippen LogP contribution in [-0.2, 0) is 114 Å². The third-order valence-corrected chi connectivity index (χ3v) is 14.3. The van der Waals surface area contributed by atoms with Gasteiger partial charge in [-0.2, -0.15) is 0 Å². The minimum absolute atomic E-state index is 0.0559. The average molecular weight is 1400 g/mol. The number of unbranched alkanes of at least 4 members (excludes halogenated alkanes) is 1. The molecule has 0 aliphatic carbocycles. The van der Waals surface area contributed by atoms with Crippen molar-refractivity contribution in [3.05, 3.63) is 0 Å². The van der Waals surface area contributed by atoms with Crippen LogP contribution in [0.2, 0.25) is 0 Å². The molecule has 0 aliphatic rings. The predicted octanol–water partition coefficient (Wildman–Crippen LogP) is 2.00. The van der Waals surface area contributed by atoms with Gasteiger partial charge in [0.25, 0.3) is 0 Å². The third kappa shape index (κ3) is 66.3. The van der Waals surface area contributed by atoms with E-state index >= 15 is 0 Å². The van der Waals surface area contributed by atoms with Gasteiger partial charge in [-0.15, -0.1) is 0 Å². The van der Waals surface area contributed by atoms with E-state index in [1.165, 1.54) is 91.7 Å². The van der Waals surface area contributed by atoms with Gasteiger partial charge in [0.2, 0.25) is 0 Å². The summed E-state index contributed by atoms with van der Waals surface area (Å²) in [7, 11) is 16.2. The van der Waals surface area contributed by atoms with Crippen molar-refractivity contribution in [2.75, 3.05) is 183 Å². The van der Waals surface area contributed by atoms with Crippen LogP contribution in [0.5, 0.6) is 0 Å². The van der Waals surface area contributed by atoms with Crippen LogP contribution in [0.15, 0.2) is 0 Å². The van der Waals surface area contributed by atoms with Crippen LogP contribution in [0.1, 0.15) is 138 Å². The van der Waals surface area contributed by atoms with Crippen molar-refractivity contribution in [2.24, 2.45) is 11.7 Å². The molecule has 0 heterocycles. The average Bonchev–Trinajstić information content (AvgIpc) is 1.19. The molecule has 568 valence electrons. The van der Waals surface area contributed by atoms with Crippen LogP contribution < -0.4 is 21.7 Å². The molecule has 0 aromatic rings. The summed E-state index contributed by atoms with van der Waals surface area (Å²) < 4.78 is 55.4. The van der Waals surface area contributed by atoms with Crippen molar-refractivity contribution >= 4 is 71.6 Å². The van der Waals surface area contributed by atoms with Gasteiger partial charge >= 0.3 is 71.6 Å². The summed E-state index contributed by atoms with van der Waals surface area (Å²) in [5.41, 5.74) is 5.34. The number of nitrogens with zero attached hydrogens (tertiary/aromatic N) is 4. The van der Waals surface area contributed by atoms with E-state index in [-0.39, 0.29) is 147 Å². The van der Waals surface area contributed by atoms with Crippen molar-refractivity contribution in [3.63, 3.8) is 0 Å². The minimum atomic E-state index is -0.339. The fourth-order valence-electron chi connectivity index (χ4n) is 8.17. The van der Waals surface area contributed by atoms with E-state index in [9.17, 15) is 57.5 Å². The van der Waals surface area contributed by atoms with Gasteiger partial charge in [0.05, 0.1) is 156 Å². The summed E-state index contributed by atoms with van der Waals surface area (Å²) in [6, 6.07) is 0.385. The van der Waals surface area contributed by atoms with Crippen LogP contribution in [0.25, 0.3) is 0 Å². The number of hydrogen-bond donors (Lipinski definition) is 4. The predicted molar refractivity (Wildman–Crippen MR) is 360 cm³/mol. The van der Waals surface area contributed by atoms with Crippen molar-refractivity contribution in [1.82, 2.24) is 35.6 Å². The van der Waals surface area contributed by atoms with E-state index in [4.69, 9.17) is 15.2 Å². The SMILES string of the molecule is COC(=O)CCCCC(C)C.COC(=O)CCN(CCC(=O)OC)CC(C)N(CCC(=O)OC)CCC(=O)OC.COC(=O)CCNC(C)CN.COC(=O)CCNC(C)CN(CCC(=O)OC)CCC(=O)OC.COC(=O)CCNCC(C)N(CCC(=O)OC)CCC(=O)OC. The van der Waals surface area contributed by atoms with Gasteiger partial charge in [-0.05, 0) is 40.0 Å². The molecule has 32 nitrogen and oxygen atoms in total. The maximum Gasteiger partial charge on any atom is 0.306 e. The van der Waals surface area contributed by atoms with Gasteiger partial charge in [0.1, 0.15) is 0 Å². The summed E-state index contributed by atoms with van der Waals surface area (Å²) in [5, 5.41) is 9.44. The summed E-state index contributed by atoms with van der Waals surface area (Å²) in [4.78, 5) is 142. The van der Waals surface area contributed by atoms with E-state index in [2.05, 4.69) is 77.2 Å². The number of ether oxygens (including phenoxy) is 12. The van der Waals surface area contributed by atoms with Crippen LogP contribution in [0.3, 0.4) is 0 Å². The van der Waals surface area contributed by atoms with Gasteiger partial charge in [-0.25, -0.2) is 0 Å². The summed E-state index contributed by atoms with van der Waals surface area (Å²) in [6.07, 6.45) is 6.65. The number of nitrogens with two attached hydrogens (primary N) is 1. The first-order chi connectivity index (χ1) is 46.0. The Kier molecular flexibility index (Phi) is 69.3. The largest absolute Gasteiger partial charge is 0.469 e. The quantitative estimate of drug-likeness (QED) is 0.0384. The second kappa shape index (κ2) is 67.9. The zero-order valence-corrected chi connectivity index (χ0v) is 61.8. The molecule has 0 aromatic heterocycles. The minimum Gasteiger partial charge on any atom is -0.469 e. The number of carbonyl (C=O) groups is 12. The Morgan fingerprint density at radius 3 is 0.866 bits per heavy atom. The topological polar surface area (TPSA) is 391 Å². The Balaban J connectivity index is -0.000000380. The zero-order chi connectivity index (χ0) is 74.9. The first kappa shape index (κ1) is 99.0. The molecule has 32 heteroatoms. The Hall–Kier alpha value is -6.68. The molecule has 0 saturated carbocycles. The molecule has 0 saturated heterocycles. The molecule has 0 rings (SSSR count). The Labute approximate surface area is 576 Å². The number of esters is 12. The van der Waals surface area contributed by atoms with Crippen molar-refractivity contribution in [2.45, 2.75) is 162 Å². The Morgan fingerprint density at radius 2 is 0.567 bits per heavy atom. The van der Waals surface area contributed by atoms with E-state index in [1.54, 1.807) is 0 Å². The molecule has 0 fully saturated rings. The summed E-state index contributed by atoms with van der Waals surface area (Å²) in [6.45, 7) is 19.9. The highest BCUT2D eigenvalue weighted by molar-refractivity contribution is 5.73. The van der Waals surface area contributed by atoms with Gasteiger partial charge in [0, 0.05) is 129 Å². The molecular formula is C65H124N8O24. The van der Waals surface area contributed by atoms with Crippen LogP contribution in [0, 0.1) is 5.92 Å². The highest BCUT2D eigenvalue weighted by atomic mass is 16.6. The molecular weight excluding hydrogens is 1280 g/mol. The lowest BCUT2D eigenvalue weighted by Crippen LogP contribution is -2.45. The van der Waals surface area contributed by atoms with Crippen LogP contribution in [0.4, 0.5) is 0 Å². The lowest BCUT2D eigenvalue weighted by molar-refractivity contribution is -0.143. The van der Waals surface area contributed by atoms with E-state index < -0.39 is 0 Å². The van der Waals surface area contributed by atoms with Crippen molar-refractivity contribution < 1.29 is 114 Å². The van der Waals surface area contributed by atoms with E-state index in [0.717, 1.165) is 18.8 Å². The lowest BCUT2D eigenvalue weighted by atomic mass is 10.1. The fraction of sp³-hybridized carbons (Fsp3) is 0.815. The first-order valence-electron chi connectivity index (χ1n) is 32.6. The molecule has 4 atom stereocenters. The molecule has 0 radical (unpaired) electrons. The van der Waals surface area contributed by atoms with Crippen LogP contribution in [-0.4, -0.2) is 299 Å². The maximum atomic E-state index is 11.5. The number of hydrogen-bond acceptors (Lipinski definition) is 32. The first-order valence-corrected chi connectivity index (χ1v) is 32.6. The summed E-state index contributed by atoms with van der Waals surface area (Å²) >= 11 is 0. The smallest absolute Gasteiger partial charge is 0.306 e. The normalized spacial score (nSPS) is 11.8. The third-order valence-electron chi connectivity index (χ3n) is 14.3. The van der Waals surface area contributed by atoms with Crippen LogP contribution >= 0.6 is 0 Å². The van der Waals surface area contributed by atoms with Crippen molar-refractivity contribution in [3.8, 4) is 0 Å². The van der Waals surface area contributed by atoms with Gasteiger partial charge in [-0.1, -0.05) is 26.7 Å². The van der Waals surface area contributed by atoms with Gasteiger partial charge in [-0.3, -0.25) is 67.3 Å². The van der Waals surface area contributed by atoms with Crippen molar-refractivity contribution in [1.29, 1.82) is 0 Å². The number of nitrogens with one attached hydrogen (secondary N) is 3.